The Morgan fingerprint density at radius 2 is 2.33 bits per heavy atom. The minimum atomic E-state index is -0.0658. The maximum absolute atomic E-state index is 9.03. The van der Waals surface area contributed by atoms with E-state index >= 15 is 0 Å². The van der Waals surface area contributed by atoms with E-state index in [1.54, 1.807) is 12.3 Å². The van der Waals surface area contributed by atoms with Gasteiger partial charge in [0.05, 0.1) is 6.26 Å². The third-order valence-corrected chi connectivity index (χ3v) is 1.62. The van der Waals surface area contributed by atoms with Crippen LogP contribution in [0.25, 0.3) is 5.57 Å². The summed E-state index contributed by atoms with van der Waals surface area (Å²) in [6.45, 7) is 0.387. The van der Waals surface area contributed by atoms with Gasteiger partial charge < -0.3 is 14.3 Å². The summed E-state index contributed by atoms with van der Waals surface area (Å²) in [6, 6.07) is 3.64. The summed E-state index contributed by atoms with van der Waals surface area (Å²) < 4.78 is 9.95. The number of aliphatic hydroxyl groups is 1. The van der Waals surface area contributed by atoms with E-state index in [9.17, 15) is 0 Å². The summed E-state index contributed by atoms with van der Waals surface area (Å²) in [6.07, 6.45) is 4.97. The summed E-state index contributed by atoms with van der Waals surface area (Å²) in [5.74, 6) is 0.675. The van der Waals surface area contributed by atoms with Gasteiger partial charge >= 0.3 is 0 Å². The van der Waals surface area contributed by atoms with Crippen molar-refractivity contribution in [1.82, 2.24) is 0 Å². The molecule has 3 heteroatoms. The molecule has 0 aliphatic carbocycles. The van der Waals surface area contributed by atoms with Gasteiger partial charge in [-0.05, 0) is 18.2 Å². The zero-order valence-electron chi connectivity index (χ0n) is 6.36. The molecule has 0 radical (unpaired) electrons. The number of hydrogen-bond donors (Lipinski definition) is 1. The monoisotopic (exact) mass is 164 g/mol. The molecule has 0 fully saturated rings. The first-order valence-corrected chi connectivity index (χ1v) is 3.64. The van der Waals surface area contributed by atoms with Crippen LogP contribution in [-0.2, 0) is 4.74 Å². The molecule has 0 unspecified atom stereocenters. The Morgan fingerprint density at radius 1 is 1.42 bits per heavy atom. The number of allylic oxidation sites excluding steroid dienone is 2. The van der Waals surface area contributed by atoms with E-state index in [1.165, 1.54) is 6.08 Å². The largest absolute Gasteiger partial charge is 0.481 e. The molecule has 2 heterocycles. The Balaban J connectivity index is 2.31. The average Bonchev–Trinajstić information content (AvgIpc) is 2.56. The van der Waals surface area contributed by atoms with Crippen molar-refractivity contribution < 1.29 is 14.3 Å². The minimum absolute atomic E-state index is 0.0658. The maximum atomic E-state index is 9.03. The Bertz CT molecular complexity index is 320. The summed E-state index contributed by atoms with van der Waals surface area (Å²) in [7, 11) is 0. The van der Waals surface area contributed by atoms with Crippen LogP contribution in [-0.4, -0.2) is 11.7 Å². The van der Waals surface area contributed by atoms with Gasteiger partial charge in [-0.15, -0.1) is 0 Å². The van der Waals surface area contributed by atoms with Gasteiger partial charge in [0.2, 0.25) is 0 Å². The Labute approximate surface area is 69.6 Å². The summed E-state index contributed by atoms with van der Waals surface area (Å²) >= 11 is 0. The van der Waals surface area contributed by atoms with Gasteiger partial charge in [-0.3, -0.25) is 0 Å². The molecule has 1 aliphatic rings. The summed E-state index contributed by atoms with van der Waals surface area (Å²) in [4.78, 5) is 0. The molecule has 12 heavy (non-hydrogen) atoms. The molecule has 0 atom stereocenters. The number of furan rings is 1. The average molecular weight is 164 g/mol. The molecular weight excluding hydrogens is 156 g/mol. The van der Waals surface area contributed by atoms with Crippen LogP contribution in [0.4, 0.5) is 0 Å². The lowest BCUT2D eigenvalue weighted by Gasteiger charge is -2.08. The molecule has 0 bridgehead atoms. The molecule has 62 valence electrons. The maximum Gasteiger partial charge on any atom is 0.277 e. The summed E-state index contributed by atoms with van der Waals surface area (Å²) in [5.41, 5.74) is 0.851. The Hall–Kier alpha value is -1.64. The normalized spacial score (nSPS) is 16.3. The number of hydrogen-bond acceptors (Lipinski definition) is 3. The van der Waals surface area contributed by atoms with Crippen molar-refractivity contribution in [3.8, 4) is 0 Å². The van der Waals surface area contributed by atoms with E-state index < -0.39 is 0 Å². The minimum Gasteiger partial charge on any atom is -0.481 e. The van der Waals surface area contributed by atoms with Crippen LogP contribution in [0.2, 0.25) is 0 Å². The smallest absolute Gasteiger partial charge is 0.277 e. The van der Waals surface area contributed by atoms with E-state index in [0.29, 0.717) is 6.61 Å². The molecule has 1 aliphatic heterocycles. The van der Waals surface area contributed by atoms with Crippen molar-refractivity contribution in [2.45, 2.75) is 0 Å². The van der Waals surface area contributed by atoms with Crippen LogP contribution in [0.3, 0.4) is 0 Å². The van der Waals surface area contributed by atoms with Crippen LogP contribution in [0, 0.1) is 0 Å². The van der Waals surface area contributed by atoms with Crippen LogP contribution in [0.1, 0.15) is 5.76 Å². The van der Waals surface area contributed by atoms with Crippen LogP contribution < -0.4 is 0 Å². The van der Waals surface area contributed by atoms with E-state index in [4.69, 9.17) is 14.3 Å². The zero-order chi connectivity index (χ0) is 8.39. The fraction of sp³-hybridized carbons (Fsp3) is 0.111. The second-order valence-corrected chi connectivity index (χ2v) is 2.43. The molecule has 1 N–H and O–H groups in total. The predicted octanol–water partition coefficient (Wildman–Crippen LogP) is 2.09. The zero-order valence-corrected chi connectivity index (χ0v) is 6.36. The van der Waals surface area contributed by atoms with E-state index in [-0.39, 0.29) is 5.95 Å². The van der Waals surface area contributed by atoms with E-state index in [2.05, 4.69) is 0 Å². The topological polar surface area (TPSA) is 42.6 Å². The number of rotatable bonds is 1. The fourth-order valence-electron chi connectivity index (χ4n) is 1.06. The van der Waals surface area contributed by atoms with Crippen LogP contribution in [0.15, 0.2) is 40.9 Å². The molecule has 3 nitrogen and oxygen atoms in total. The molecule has 1 aromatic rings. The Morgan fingerprint density at radius 3 is 3.00 bits per heavy atom. The highest BCUT2D eigenvalue weighted by molar-refractivity contribution is 5.71. The number of aliphatic hydroxyl groups excluding tert-OH is 1. The lowest BCUT2D eigenvalue weighted by atomic mass is 10.2. The predicted molar refractivity (Wildman–Crippen MR) is 43.3 cm³/mol. The molecule has 0 saturated heterocycles. The molecule has 2 rings (SSSR count). The van der Waals surface area contributed by atoms with Crippen molar-refractivity contribution in [2.24, 2.45) is 0 Å². The highest BCUT2D eigenvalue weighted by Gasteiger charge is 2.08. The first-order chi connectivity index (χ1) is 5.86. The third-order valence-electron chi connectivity index (χ3n) is 1.62. The molecule has 0 spiro atoms. The molecule has 0 amide bonds. The first kappa shape index (κ1) is 7.03. The van der Waals surface area contributed by atoms with Crippen molar-refractivity contribution >= 4 is 5.57 Å². The van der Waals surface area contributed by atoms with Crippen LogP contribution >= 0.6 is 0 Å². The highest BCUT2D eigenvalue weighted by Crippen LogP contribution is 2.20. The van der Waals surface area contributed by atoms with Crippen molar-refractivity contribution in [3.05, 3.63) is 42.3 Å². The second-order valence-electron chi connectivity index (χ2n) is 2.43. The van der Waals surface area contributed by atoms with Crippen molar-refractivity contribution in [1.29, 1.82) is 0 Å². The lowest BCUT2D eigenvalue weighted by molar-refractivity contribution is 0.110. The van der Waals surface area contributed by atoms with Gasteiger partial charge in [-0.1, -0.05) is 0 Å². The summed E-state index contributed by atoms with van der Waals surface area (Å²) in [5, 5.41) is 9.03. The van der Waals surface area contributed by atoms with Crippen LogP contribution in [0.5, 0.6) is 0 Å². The number of ether oxygens (including phenoxy) is 1. The first-order valence-electron chi connectivity index (χ1n) is 3.64. The van der Waals surface area contributed by atoms with Gasteiger partial charge in [0.25, 0.3) is 5.95 Å². The SMILES string of the molecule is OC1=CC(c2ccco2)=CCO1. The molecule has 0 aromatic carbocycles. The quantitative estimate of drug-likeness (QED) is 0.691. The van der Waals surface area contributed by atoms with Gasteiger partial charge in [0, 0.05) is 11.6 Å². The second kappa shape index (κ2) is 2.77. The van der Waals surface area contributed by atoms with Gasteiger partial charge in [0.15, 0.2) is 0 Å². The molecule has 0 saturated carbocycles. The standard InChI is InChI=1S/C9H8O3/c10-9-6-7(3-5-12-9)8-2-1-4-11-8/h1-4,6,10H,5H2. The van der Waals surface area contributed by atoms with Gasteiger partial charge in [-0.2, -0.15) is 0 Å². The van der Waals surface area contributed by atoms with Gasteiger partial charge in [-0.25, -0.2) is 0 Å². The fourth-order valence-corrected chi connectivity index (χ4v) is 1.06. The Kier molecular flexibility index (Phi) is 1.63. The third kappa shape index (κ3) is 1.21. The molecule has 1 aromatic heterocycles. The highest BCUT2D eigenvalue weighted by atomic mass is 16.6. The van der Waals surface area contributed by atoms with E-state index in [0.717, 1.165) is 11.3 Å². The van der Waals surface area contributed by atoms with Crippen molar-refractivity contribution in [3.63, 3.8) is 0 Å². The molecular formula is C9H8O3. The van der Waals surface area contributed by atoms with Crippen molar-refractivity contribution in [2.75, 3.05) is 6.61 Å². The lowest BCUT2D eigenvalue weighted by Crippen LogP contribution is -1.98. The van der Waals surface area contributed by atoms with E-state index in [1.807, 2.05) is 12.1 Å². The van der Waals surface area contributed by atoms with Gasteiger partial charge in [0.1, 0.15) is 12.4 Å².